The standard InChI is InChI=1S/C12H17F3N4/c1-2-5-16-9-6-10(17-7-8-3-4-8)19-11(18-9)12(13,14)15/h6,8H,2-5,7H2,1H3,(H2,16,17,18,19). The van der Waals surface area contributed by atoms with Gasteiger partial charge in [0.15, 0.2) is 0 Å². The second-order valence-corrected chi connectivity index (χ2v) is 4.71. The minimum Gasteiger partial charge on any atom is -0.370 e. The molecule has 7 heteroatoms. The SMILES string of the molecule is CCCNc1cc(NCC2CC2)nc(C(F)(F)F)n1. The number of hydrogen-bond donors (Lipinski definition) is 2. The summed E-state index contributed by atoms with van der Waals surface area (Å²) >= 11 is 0. The minimum atomic E-state index is -4.53. The largest absolute Gasteiger partial charge is 0.451 e. The van der Waals surface area contributed by atoms with Gasteiger partial charge in [-0.25, -0.2) is 9.97 Å². The van der Waals surface area contributed by atoms with Crippen molar-refractivity contribution in [3.8, 4) is 0 Å². The highest BCUT2D eigenvalue weighted by Gasteiger charge is 2.35. The predicted molar refractivity (Wildman–Crippen MR) is 67.0 cm³/mol. The van der Waals surface area contributed by atoms with Crippen molar-refractivity contribution >= 4 is 11.6 Å². The number of halogens is 3. The van der Waals surface area contributed by atoms with Gasteiger partial charge in [0.1, 0.15) is 11.6 Å². The zero-order valence-electron chi connectivity index (χ0n) is 10.7. The molecule has 0 aromatic carbocycles. The van der Waals surface area contributed by atoms with Crippen molar-refractivity contribution in [2.24, 2.45) is 5.92 Å². The molecule has 1 aliphatic carbocycles. The van der Waals surface area contributed by atoms with Crippen LogP contribution in [-0.4, -0.2) is 23.1 Å². The summed E-state index contributed by atoms with van der Waals surface area (Å²) < 4.78 is 38.1. The number of alkyl halides is 3. The highest BCUT2D eigenvalue weighted by Crippen LogP contribution is 2.30. The van der Waals surface area contributed by atoms with E-state index in [9.17, 15) is 13.2 Å². The van der Waals surface area contributed by atoms with E-state index in [1.165, 1.54) is 6.07 Å². The van der Waals surface area contributed by atoms with Gasteiger partial charge in [-0.1, -0.05) is 6.92 Å². The van der Waals surface area contributed by atoms with Crippen LogP contribution in [0.15, 0.2) is 6.07 Å². The Labute approximate surface area is 109 Å². The number of aromatic nitrogens is 2. The van der Waals surface area contributed by atoms with Crippen molar-refractivity contribution in [3.63, 3.8) is 0 Å². The maximum atomic E-state index is 12.7. The Balaban J connectivity index is 2.14. The molecule has 19 heavy (non-hydrogen) atoms. The predicted octanol–water partition coefficient (Wildman–Crippen LogP) is 3.14. The van der Waals surface area contributed by atoms with Crippen LogP contribution >= 0.6 is 0 Å². The molecule has 4 nitrogen and oxygen atoms in total. The van der Waals surface area contributed by atoms with Gasteiger partial charge in [0.05, 0.1) is 0 Å². The smallest absolute Gasteiger partial charge is 0.370 e. The summed E-state index contributed by atoms with van der Waals surface area (Å²) in [5.74, 6) is -0.0986. The first-order valence-corrected chi connectivity index (χ1v) is 6.43. The minimum absolute atomic E-state index is 0.211. The van der Waals surface area contributed by atoms with Crippen LogP contribution in [0.4, 0.5) is 24.8 Å². The van der Waals surface area contributed by atoms with Gasteiger partial charge in [-0.2, -0.15) is 13.2 Å². The zero-order valence-corrected chi connectivity index (χ0v) is 10.7. The van der Waals surface area contributed by atoms with E-state index in [2.05, 4.69) is 20.6 Å². The first-order valence-electron chi connectivity index (χ1n) is 6.43. The van der Waals surface area contributed by atoms with E-state index in [4.69, 9.17) is 0 Å². The van der Waals surface area contributed by atoms with Crippen molar-refractivity contribution in [2.45, 2.75) is 32.4 Å². The molecule has 0 bridgehead atoms. The number of anilines is 2. The molecule has 2 N–H and O–H groups in total. The van der Waals surface area contributed by atoms with Crippen molar-refractivity contribution in [1.82, 2.24) is 9.97 Å². The molecule has 0 amide bonds. The maximum Gasteiger partial charge on any atom is 0.451 e. The van der Waals surface area contributed by atoms with Gasteiger partial charge in [-0.15, -0.1) is 0 Å². The summed E-state index contributed by atoms with van der Waals surface area (Å²) in [6.07, 6.45) is -1.45. The van der Waals surface area contributed by atoms with E-state index < -0.39 is 12.0 Å². The lowest BCUT2D eigenvalue weighted by atomic mass is 10.4. The van der Waals surface area contributed by atoms with Crippen molar-refractivity contribution < 1.29 is 13.2 Å². The summed E-state index contributed by atoms with van der Waals surface area (Å²) in [6.45, 7) is 3.18. The number of hydrogen-bond acceptors (Lipinski definition) is 4. The average molecular weight is 274 g/mol. The lowest BCUT2D eigenvalue weighted by molar-refractivity contribution is -0.144. The van der Waals surface area contributed by atoms with Crippen molar-refractivity contribution in [2.75, 3.05) is 23.7 Å². The van der Waals surface area contributed by atoms with E-state index in [0.29, 0.717) is 19.0 Å². The molecule has 0 unspecified atom stereocenters. The third kappa shape index (κ3) is 4.25. The Kier molecular flexibility index (Phi) is 4.11. The summed E-state index contributed by atoms with van der Waals surface area (Å²) in [5, 5.41) is 5.80. The third-order valence-corrected chi connectivity index (χ3v) is 2.80. The van der Waals surface area contributed by atoms with Crippen LogP contribution in [0.5, 0.6) is 0 Å². The topological polar surface area (TPSA) is 49.8 Å². The molecule has 1 aromatic rings. The Hall–Kier alpha value is -1.53. The van der Waals surface area contributed by atoms with E-state index in [0.717, 1.165) is 19.3 Å². The van der Waals surface area contributed by atoms with Crippen LogP contribution in [0.3, 0.4) is 0 Å². The molecule has 1 aliphatic rings. The fraction of sp³-hybridized carbons (Fsp3) is 0.667. The van der Waals surface area contributed by atoms with Crippen molar-refractivity contribution in [3.05, 3.63) is 11.9 Å². The third-order valence-electron chi connectivity index (χ3n) is 2.80. The molecule has 1 heterocycles. The van der Waals surface area contributed by atoms with Crippen LogP contribution in [0.1, 0.15) is 32.0 Å². The van der Waals surface area contributed by atoms with Gasteiger partial charge >= 0.3 is 6.18 Å². The molecule has 0 aliphatic heterocycles. The first-order chi connectivity index (χ1) is 8.99. The quantitative estimate of drug-likeness (QED) is 0.836. The van der Waals surface area contributed by atoms with E-state index in [1.54, 1.807) is 0 Å². The van der Waals surface area contributed by atoms with Gasteiger partial charge in [0.2, 0.25) is 5.82 Å². The molecule has 0 spiro atoms. The fourth-order valence-electron chi connectivity index (χ4n) is 1.58. The molecular weight excluding hydrogens is 257 g/mol. The summed E-state index contributed by atoms with van der Waals surface area (Å²) in [6, 6.07) is 1.52. The molecule has 1 saturated carbocycles. The Morgan fingerprint density at radius 2 is 1.84 bits per heavy atom. The molecule has 106 valence electrons. The van der Waals surface area contributed by atoms with Crippen LogP contribution in [-0.2, 0) is 6.18 Å². The average Bonchev–Trinajstić information content (AvgIpc) is 3.16. The molecule has 2 rings (SSSR count). The van der Waals surface area contributed by atoms with Gasteiger partial charge in [-0.3, -0.25) is 0 Å². The molecule has 1 aromatic heterocycles. The molecular formula is C12H17F3N4. The normalized spacial score (nSPS) is 15.4. The van der Waals surface area contributed by atoms with Gasteiger partial charge < -0.3 is 10.6 Å². The monoisotopic (exact) mass is 274 g/mol. The second-order valence-electron chi connectivity index (χ2n) is 4.71. The molecule has 0 saturated heterocycles. The highest BCUT2D eigenvalue weighted by atomic mass is 19.4. The first kappa shape index (κ1) is 13.9. The number of nitrogens with one attached hydrogen (secondary N) is 2. The maximum absolute atomic E-state index is 12.7. The Morgan fingerprint density at radius 3 is 2.37 bits per heavy atom. The van der Waals surface area contributed by atoms with Crippen LogP contribution in [0.25, 0.3) is 0 Å². The van der Waals surface area contributed by atoms with E-state index in [1.807, 2.05) is 6.92 Å². The van der Waals surface area contributed by atoms with E-state index >= 15 is 0 Å². The van der Waals surface area contributed by atoms with Gasteiger partial charge in [0, 0.05) is 19.2 Å². The Bertz CT molecular complexity index is 429. The summed E-state index contributed by atoms with van der Waals surface area (Å²) in [4.78, 5) is 7.02. The summed E-state index contributed by atoms with van der Waals surface area (Å²) in [7, 11) is 0. The number of nitrogens with zero attached hydrogens (tertiary/aromatic N) is 2. The molecule has 0 atom stereocenters. The lowest BCUT2D eigenvalue weighted by Crippen LogP contribution is -2.16. The summed E-state index contributed by atoms with van der Waals surface area (Å²) in [5.41, 5.74) is 0. The highest BCUT2D eigenvalue weighted by molar-refractivity contribution is 5.48. The Morgan fingerprint density at radius 1 is 1.21 bits per heavy atom. The molecule has 0 radical (unpaired) electrons. The van der Waals surface area contributed by atoms with Crippen LogP contribution in [0.2, 0.25) is 0 Å². The second kappa shape index (κ2) is 5.63. The van der Waals surface area contributed by atoms with Crippen LogP contribution < -0.4 is 10.6 Å². The number of rotatable bonds is 6. The lowest BCUT2D eigenvalue weighted by Gasteiger charge is -2.12. The van der Waals surface area contributed by atoms with Crippen molar-refractivity contribution in [1.29, 1.82) is 0 Å². The van der Waals surface area contributed by atoms with Crippen LogP contribution in [0, 0.1) is 5.92 Å². The zero-order chi connectivity index (χ0) is 13.9. The fourth-order valence-corrected chi connectivity index (χ4v) is 1.58. The molecule has 1 fully saturated rings. The van der Waals surface area contributed by atoms with Gasteiger partial charge in [0.25, 0.3) is 0 Å². The van der Waals surface area contributed by atoms with Gasteiger partial charge in [-0.05, 0) is 25.2 Å². The van der Waals surface area contributed by atoms with E-state index in [-0.39, 0.29) is 11.6 Å².